The lowest BCUT2D eigenvalue weighted by molar-refractivity contribution is 0.287. The van der Waals surface area contributed by atoms with Gasteiger partial charge in [-0.3, -0.25) is 0 Å². The van der Waals surface area contributed by atoms with E-state index in [9.17, 15) is 4.80 Å². The molecule has 0 fully saturated rings. The highest BCUT2D eigenvalue weighted by Crippen LogP contribution is 2.03. The molecule has 3 aromatic rings. The van der Waals surface area contributed by atoms with Crippen molar-refractivity contribution in [3.8, 4) is 0 Å². The van der Waals surface area contributed by atoms with Crippen LogP contribution in [-0.2, 0) is 0 Å². The fraction of sp³-hybridized carbons (Fsp3) is 0.182. The quantitative estimate of drug-likeness (QED) is 0.548. The molecule has 0 radical (unpaired) electrons. The maximum Gasteiger partial charge on any atom is 0.285 e. The fourth-order valence-corrected chi connectivity index (χ4v) is 5.72. The van der Waals surface area contributed by atoms with Crippen molar-refractivity contribution < 1.29 is 9.90 Å². The van der Waals surface area contributed by atoms with Gasteiger partial charge < -0.3 is 9.90 Å². The van der Waals surface area contributed by atoms with E-state index in [1.165, 1.54) is 0 Å². The van der Waals surface area contributed by atoms with Crippen LogP contribution in [0.3, 0.4) is 0 Å². The molecular weight excluding hydrogens is 324 g/mol. The van der Waals surface area contributed by atoms with E-state index in [2.05, 4.69) is 6.92 Å². The van der Waals surface area contributed by atoms with E-state index in [0.29, 0.717) is 6.61 Å². The van der Waals surface area contributed by atoms with Crippen LogP contribution in [-0.4, -0.2) is 24.8 Å². The number of unbranched alkanes of at least 4 members (excludes halogenated alkanes) is 1. The molecule has 0 heterocycles. The van der Waals surface area contributed by atoms with Gasteiger partial charge in [0.25, 0.3) is 8.32 Å². The van der Waals surface area contributed by atoms with Crippen molar-refractivity contribution in [3.63, 3.8) is 0 Å². The van der Waals surface area contributed by atoms with Gasteiger partial charge in [-0.05, 0) is 22.0 Å². The zero-order valence-corrected chi connectivity index (χ0v) is 15.7. The fourth-order valence-electron chi connectivity index (χ4n) is 2.70. The van der Waals surface area contributed by atoms with Gasteiger partial charge in [-0.25, -0.2) is 0 Å². The molecular formula is C22H26O2Si. The second-order valence-electron chi connectivity index (χ2n) is 5.89. The minimum atomic E-state index is -2.88. The lowest BCUT2D eigenvalue weighted by Crippen LogP contribution is -2.67. The topological polar surface area (TPSA) is 40.5 Å². The number of aliphatic hydroxyl groups excluding tert-OH is 1. The molecule has 0 spiro atoms. The minimum Gasteiger partial charge on any atom is -0.421 e. The summed E-state index contributed by atoms with van der Waals surface area (Å²) in [5, 5.41) is 11.1. The van der Waals surface area contributed by atoms with Crippen LogP contribution in [0.4, 0.5) is 0 Å². The molecule has 25 heavy (non-hydrogen) atoms. The maximum atomic E-state index is 11.6. The molecule has 3 aromatic carbocycles. The number of benzene rings is 3. The summed E-state index contributed by atoms with van der Waals surface area (Å²) in [5.74, 6) is 0. The smallest absolute Gasteiger partial charge is 0.285 e. The minimum absolute atomic E-state index is 0.344. The average molecular weight is 351 g/mol. The zero-order valence-electron chi connectivity index (χ0n) is 14.7. The van der Waals surface area contributed by atoms with Gasteiger partial charge >= 0.3 is 0 Å². The highest BCUT2D eigenvalue weighted by Gasteiger charge is 2.37. The second kappa shape index (κ2) is 9.94. The molecule has 0 saturated carbocycles. The Hall–Kier alpha value is -2.20. The highest BCUT2D eigenvalue weighted by atomic mass is 28.4. The number of rotatable bonds is 5. The van der Waals surface area contributed by atoms with Gasteiger partial charge in [0.1, 0.15) is 0 Å². The Labute approximate surface area is 151 Å². The van der Waals surface area contributed by atoms with E-state index in [0.717, 1.165) is 28.4 Å². The molecule has 0 amide bonds. The summed E-state index contributed by atoms with van der Waals surface area (Å²) >= 11 is 0. The van der Waals surface area contributed by atoms with Crippen molar-refractivity contribution in [2.45, 2.75) is 19.8 Å². The van der Waals surface area contributed by atoms with E-state index >= 15 is 0 Å². The van der Waals surface area contributed by atoms with Gasteiger partial charge in [-0.15, -0.1) is 0 Å². The van der Waals surface area contributed by atoms with Crippen LogP contribution in [0.5, 0.6) is 0 Å². The summed E-state index contributed by atoms with van der Waals surface area (Å²) in [6.45, 7) is 2.40. The van der Waals surface area contributed by atoms with Gasteiger partial charge in [0.15, 0.2) is 0 Å². The summed E-state index contributed by atoms with van der Waals surface area (Å²) in [4.78, 5) is 11.6. The van der Waals surface area contributed by atoms with Gasteiger partial charge in [-0.2, -0.15) is 0 Å². The summed E-state index contributed by atoms with van der Waals surface area (Å²) in [7, 11) is -2.88. The van der Waals surface area contributed by atoms with E-state index in [1.807, 2.05) is 91.0 Å². The molecule has 0 aliphatic carbocycles. The number of aliphatic hydroxyl groups is 1. The Morgan fingerprint density at radius 1 is 0.640 bits per heavy atom. The molecule has 0 saturated heterocycles. The van der Waals surface area contributed by atoms with E-state index in [1.54, 1.807) is 0 Å². The van der Waals surface area contributed by atoms with Crippen LogP contribution in [0.1, 0.15) is 19.8 Å². The largest absolute Gasteiger partial charge is 0.421 e. The molecule has 3 heteroatoms. The van der Waals surface area contributed by atoms with Gasteiger partial charge in [-0.1, -0.05) is 104 Å². The first kappa shape index (κ1) is 19.1. The maximum absolute atomic E-state index is 11.6. The molecule has 130 valence electrons. The Bertz CT molecular complexity index is 616. The van der Waals surface area contributed by atoms with Crippen LogP contribution < -0.4 is 15.6 Å². The third-order valence-corrected chi connectivity index (χ3v) is 7.59. The molecule has 0 aliphatic heterocycles. The second-order valence-corrected chi connectivity index (χ2v) is 9.04. The predicted molar refractivity (Wildman–Crippen MR) is 108 cm³/mol. The van der Waals surface area contributed by atoms with E-state index in [-0.39, 0.29) is 0 Å². The number of hydrogen-bond donors (Lipinski definition) is 2. The molecule has 0 bridgehead atoms. The molecule has 2 N–H and O–H groups in total. The SMILES string of the molecule is CCCCO.O[Si](c1ccccc1)(c1ccccc1)c1ccccc1. The molecule has 0 unspecified atom stereocenters. The average Bonchev–Trinajstić information content (AvgIpc) is 2.70. The van der Waals surface area contributed by atoms with Gasteiger partial charge in [0, 0.05) is 6.61 Å². The Balaban J connectivity index is 0.000000399. The first-order valence-electron chi connectivity index (χ1n) is 8.73. The Kier molecular flexibility index (Phi) is 7.60. The van der Waals surface area contributed by atoms with Crippen LogP contribution in [0.25, 0.3) is 0 Å². The van der Waals surface area contributed by atoms with Crippen LogP contribution in [0.15, 0.2) is 91.0 Å². The third kappa shape index (κ3) is 4.89. The van der Waals surface area contributed by atoms with E-state index in [4.69, 9.17) is 5.11 Å². The van der Waals surface area contributed by atoms with Crippen molar-refractivity contribution >= 4 is 23.9 Å². The summed E-state index contributed by atoms with van der Waals surface area (Å²) in [6, 6.07) is 30.0. The molecule has 0 aliphatic rings. The van der Waals surface area contributed by atoms with Crippen LogP contribution in [0.2, 0.25) is 0 Å². The van der Waals surface area contributed by atoms with Crippen molar-refractivity contribution in [3.05, 3.63) is 91.0 Å². The first-order chi connectivity index (χ1) is 12.2. The standard InChI is InChI=1S/C18H16OSi.C4H10O/c19-20(16-10-4-1-5-11-16,17-12-6-2-7-13-17)18-14-8-3-9-15-18;1-2-3-4-5/h1-15,19H;5H,2-4H2,1H3. The van der Waals surface area contributed by atoms with Crippen molar-refractivity contribution in [1.82, 2.24) is 0 Å². The highest BCUT2D eigenvalue weighted by molar-refractivity contribution is 7.06. The van der Waals surface area contributed by atoms with Gasteiger partial charge in [0.05, 0.1) is 0 Å². The van der Waals surface area contributed by atoms with Crippen LogP contribution in [0, 0.1) is 0 Å². The molecule has 0 aromatic heterocycles. The monoisotopic (exact) mass is 350 g/mol. The predicted octanol–water partition coefficient (Wildman–Crippen LogP) is 2.42. The summed E-state index contributed by atoms with van der Waals surface area (Å²) in [5.41, 5.74) is 0. The summed E-state index contributed by atoms with van der Waals surface area (Å²) < 4.78 is 0. The lowest BCUT2D eigenvalue weighted by atomic mass is 10.3. The van der Waals surface area contributed by atoms with Crippen molar-refractivity contribution in [2.24, 2.45) is 0 Å². The van der Waals surface area contributed by atoms with Crippen molar-refractivity contribution in [2.75, 3.05) is 6.61 Å². The Morgan fingerprint density at radius 3 is 1.16 bits per heavy atom. The molecule has 0 atom stereocenters. The zero-order chi connectivity index (χ0) is 18.0. The lowest BCUT2D eigenvalue weighted by Gasteiger charge is -2.26. The summed E-state index contributed by atoms with van der Waals surface area (Å²) in [6.07, 6.45) is 2.04. The first-order valence-corrected chi connectivity index (χ1v) is 10.7. The Morgan fingerprint density at radius 2 is 0.960 bits per heavy atom. The normalized spacial score (nSPS) is 10.7. The molecule has 3 rings (SSSR count). The van der Waals surface area contributed by atoms with Crippen LogP contribution >= 0.6 is 0 Å². The number of hydrogen-bond acceptors (Lipinski definition) is 2. The third-order valence-electron chi connectivity index (χ3n) is 4.09. The molecule has 2 nitrogen and oxygen atoms in total. The van der Waals surface area contributed by atoms with Gasteiger partial charge in [0.2, 0.25) is 0 Å². The van der Waals surface area contributed by atoms with Crippen molar-refractivity contribution in [1.29, 1.82) is 0 Å². The van der Waals surface area contributed by atoms with E-state index < -0.39 is 8.32 Å².